The lowest BCUT2D eigenvalue weighted by Gasteiger charge is -2.10. The highest BCUT2D eigenvalue weighted by Crippen LogP contribution is 2.27. The first-order valence-corrected chi connectivity index (χ1v) is 10.1. The number of para-hydroxylation sites is 1. The van der Waals surface area contributed by atoms with Crippen molar-refractivity contribution in [2.45, 2.75) is 6.92 Å². The summed E-state index contributed by atoms with van der Waals surface area (Å²) in [6, 6.07) is 22.3. The van der Waals surface area contributed by atoms with Crippen molar-refractivity contribution in [1.29, 1.82) is 5.26 Å². The van der Waals surface area contributed by atoms with E-state index in [-0.39, 0.29) is 5.91 Å². The molecule has 0 saturated heterocycles. The van der Waals surface area contributed by atoms with Crippen molar-refractivity contribution in [2.75, 3.05) is 5.32 Å². The van der Waals surface area contributed by atoms with Crippen molar-refractivity contribution in [3.05, 3.63) is 88.9 Å². The fraction of sp³-hybridized carbons (Fsp3) is 0.0417. The van der Waals surface area contributed by atoms with E-state index in [0.717, 1.165) is 20.8 Å². The van der Waals surface area contributed by atoms with Crippen LogP contribution in [0, 0.1) is 18.3 Å². The van der Waals surface area contributed by atoms with Gasteiger partial charge in [0.1, 0.15) is 16.5 Å². The molecule has 6 heteroatoms. The average Bonchev–Trinajstić information content (AvgIpc) is 3.18. The van der Waals surface area contributed by atoms with E-state index >= 15 is 0 Å². The van der Waals surface area contributed by atoms with Crippen LogP contribution in [-0.4, -0.2) is 10.9 Å². The number of fused-ring (bicyclic) bond motifs is 1. The number of hydrogen-bond donors (Lipinski definition) is 1. The number of aromatic nitrogens is 1. The van der Waals surface area contributed by atoms with Gasteiger partial charge in [-0.2, -0.15) is 5.26 Å². The minimum absolute atomic E-state index is 0.224. The van der Waals surface area contributed by atoms with Gasteiger partial charge in [-0.05, 0) is 73.2 Å². The Kier molecular flexibility index (Phi) is 5.55. The molecular weight excluding hydrogens is 394 g/mol. The van der Waals surface area contributed by atoms with Gasteiger partial charge in [-0.15, -0.1) is 11.3 Å². The van der Waals surface area contributed by atoms with Crippen molar-refractivity contribution < 1.29 is 9.53 Å². The number of aryl methyl sites for hydroxylation is 1. The number of carbonyl (C=O) groups excluding carboxylic acids is 1. The smallest absolute Gasteiger partial charge is 0.248 e. The van der Waals surface area contributed by atoms with E-state index in [2.05, 4.69) is 16.4 Å². The molecule has 30 heavy (non-hydrogen) atoms. The summed E-state index contributed by atoms with van der Waals surface area (Å²) in [5.41, 5.74) is 3.09. The van der Waals surface area contributed by atoms with Gasteiger partial charge >= 0.3 is 0 Å². The Morgan fingerprint density at radius 1 is 1.10 bits per heavy atom. The number of carbonyl (C=O) groups is 1. The van der Waals surface area contributed by atoms with Crippen LogP contribution in [0.25, 0.3) is 16.3 Å². The zero-order valence-electron chi connectivity index (χ0n) is 16.1. The molecule has 0 aliphatic rings. The lowest BCUT2D eigenvalue weighted by atomic mass is 10.2. The van der Waals surface area contributed by atoms with Crippen LogP contribution in [0.4, 0.5) is 5.69 Å². The number of nitrogens with one attached hydrogen (secondary N) is 1. The van der Waals surface area contributed by atoms with Gasteiger partial charge in [-0.25, -0.2) is 4.98 Å². The molecule has 3 aromatic carbocycles. The van der Waals surface area contributed by atoms with Crippen molar-refractivity contribution in [3.8, 4) is 17.6 Å². The second kappa shape index (κ2) is 8.60. The number of amides is 1. The molecule has 0 aliphatic carbocycles. The van der Waals surface area contributed by atoms with Crippen molar-refractivity contribution in [2.24, 2.45) is 0 Å². The SMILES string of the molecule is Cc1cc(Oc2ccc(C#N)cc2)ccc1NC(=O)C=Cc1nc2ccccc2s1. The van der Waals surface area contributed by atoms with Crippen molar-refractivity contribution in [3.63, 3.8) is 0 Å². The summed E-state index contributed by atoms with van der Waals surface area (Å²) < 4.78 is 6.90. The van der Waals surface area contributed by atoms with Crippen LogP contribution in [0.2, 0.25) is 0 Å². The predicted octanol–water partition coefficient (Wildman–Crippen LogP) is 5.92. The fourth-order valence-corrected chi connectivity index (χ4v) is 3.73. The average molecular weight is 411 g/mol. The van der Waals surface area contributed by atoms with Gasteiger partial charge in [0, 0.05) is 11.8 Å². The third-order valence-electron chi connectivity index (χ3n) is 4.36. The third-order valence-corrected chi connectivity index (χ3v) is 5.36. The van der Waals surface area contributed by atoms with Crippen LogP contribution < -0.4 is 10.1 Å². The molecule has 0 saturated carbocycles. The molecule has 0 fully saturated rings. The van der Waals surface area contributed by atoms with Crippen LogP contribution in [0.1, 0.15) is 16.1 Å². The lowest BCUT2D eigenvalue weighted by molar-refractivity contribution is -0.111. The monoisotopic (exact) mass is 411 g/mol. The summed E-state index contributed by atoms with van der Waals surface area (Å²) in [4.78, 5) is 16.8. The molecule has 1 aromatic heterocycles. The Morgan fingerprint density at radius 3 is 2.60 bits per heavy atom. The molecular formula is C24H17N3O2S. The van der Waals surface area contributed by atoms with Gasteiger partial charge in [0.25, 0.3) is 0 Å². The Balaban J connectivity index is 1.41. The minimum Gasteiger partial charge on any atom is -0.457 e. The molecule has 0 aliphatic heterocycles. The largest absolute Gasteiger partial charge is 0.457 e. The first-order valence-electron chi connectivity index (χ1n) is 9.24. The Labute approximate surface area is 177 Å². The molecule has 0 atom stereocenters. The molecule has 0 spiro atoms. The van der Waals surface area contributed by atoms with E-state index in [1.54, 1.807) is 53.8 Å². The Hall–Kier alpha value is -3.95. The van der Waals surface area contributed by atoms with Crippen LogP contribution in [0.5, 0.6) is 11.5 Å². The second-order valence-corrected chi connectivity index (χ2v) is 7.62. The molecule has 5 nitrogen and oxygen atoms in total. The van der Waals surface area contributed by atoms with Gasteiger partial charge in [-0.1, -0.05) is 12.1 Å². The number of ether oxygens (including phenoxy) is 1. The van der Waals surface area contributed by atoms with Gasteiger partial charge in [0.15, 0.2) is 0 Å². The number of rotatable bonds is 5. The molecule has 1 amide bonds. The molecule has 146 valence electrons. The van der Waals surface area contributed by atoms with Crippen molar-refractivity contribution >= 4 is 39.2 Å². The predicted molar refractivity (Wildman–Crippen MR) is 120 cm³/mol. The first-order chi connectivity index (χ1) is 14.6. The number of hydrogen-bond acceptors (Lipinski definition) is 5. The van der Waals surface area contributed by atoms with Crippen LogP contribution in [0.3, 0.4) is 0 Å². The molecule has 0 unspecified atom stereocenters. The van der Waals surface area contributed by atoms with Gasteiger partial charge in [0.05, 0.1) is 21.8 Å². The maximum atomic E-state index is 12.3. The second-order valence-electron chi connectivity index (χ2n) is 6.56. The quantitative estimate of drug-likeness (QED) is 0.414. The number of nitriles is 1. The molecule has 4 aromatic rings. The van der Waals surface area contributed by atoms with Crippen LogP contribution in [-0.2, 0) is 4.79 Å². The molecule has 4 rings (SSSR count). The maximum absolute atomic E-state index is 12.3. The summed E-state index contributed by atoms with van der Waals surface area (Å²) in [6.45, 7) is 1.90. The van der Waals surface area contributed by atoms with E-state index in [1.165, 1.54) is 6.08 Å². The summed E-state index contributed by atoms with van der Waals surface area (Å²) in [5.74, 6) is 1.07. The van der Waals surface area contributed by atoms with E-state index in [4.69, 9.17) is 10.00 Å². The zero-order chi connectivity index (χ0) is 20.9. The summed E-state index contributed by atoms with van der Waals surface area (Å²) in [7, 11) is 0. The molecule has 0 bridgehead atoms. The highest BCUT2D eigenvalue weighted by Gasteiger charge is 2.06. The number of benzene rings is 3. The molecule has 0 radical (unpaired) electrons. The lowest BCUT2D eigenvalue weighted by Crippen LogP contribution is -2.08. The molecule has 1 heterocycles. The Morgan fingerprint density at radius 2 is 1.87 bits per heavy atom. The zero-order valence-corrected chi connectivity index (χ0v) is 16.9. The minimum atomic E-state index is -0.224. The normalized spacial score (nSPS) is 10.8. The van der Waals surface area contributed by atoms with Crippen molar-refractivity contribution in [1.82, 2.24) is 4.98 Å². The molecule has 1 N–H and O–H groups in total. The van der Waals surface area contributed by atoms with Gasteiger partial charge in [0.2, 0.25) is 5.91 Å². The fourth-order valence-electron chi connectivity index (χ4n) is 2.86. The summed E-state index contributed by atoms with van der Waals surface area (Å²) in [6.07, 6.45) is 3.20. The number of nitrogens with zero attached hydrogens (tertiary/aromatic N) is 2. The highest BCUT2D eigenvalue weighted by atomic mass is 32.1. The first kappa shape index (κ1) is 19.4. The number of anilines is 1. The summed E-state index contributed by atoms with van der Waals surface area (Å²) in [5, 5.41) is 12.5. The van der Waals surface area contributed by atoms with E-state index in [0.29, 0.717) is 22.7 Å². The van der Waals surface area contributed by atoms with E-state index in [9.17, 15) is 4.79 Å². The number of thiazole rings is 1. The van der Waals surface area contributed by atoms with Gasteiger partial charge in [-0.3, -0.25) is 4.79 Å². The third kappa shape index (κ3) is 4.54. The maximum Gasteiger partial charge on any atom is 0.248 e. The van der Waals surface area contributed by atoms with E-state index < -0.39 is 0 Å². The van der Waals surface area contributed by atoms with Crippen LogP contribution in [0.15, 0.2) is 72.8 Å². The highest BCUT2D eigenvalue weighted by molar-refractivity contribution is 7.19. The standard InChI is InChI=1S/C24H17N3O2S/c1-16-14-19(29-18-8-6-17(15-25)7-9-18)10-11-20(16)26-23(28)12-13-24-27-21-4-2-3-5-22(21)30-24/h2-14H,1H3,(H,26,28). The van der Waals surface area contributed by atoms with Crippen LogP contribution >= 0.6 is 11.3 Å². The summed E-state index contributed by atoms with van der Waals surface area (Å²) >= 11 is 1.54. The Bertz CT molecular complexity index is 1250. The topological polar surface area (TPSA) is 75.0 Å². The van der Waals surface area contributed by atoms with Gasteiger partial charge < -0.3 is 10.1 Å². The van der Waals surface area contributed by atoms with E-state index in [1.807, 2.05) is 37.3 Å².